The van der Waals surface area contributed by atoms with E-state index in [0.717, 1.165) is 29.4 Å². The van der Waals surface area contributed by atoms with Crippen LogP contribution in [0.2, 0.25) is 0 Å². The van der Waals surface area contributed by atoms with Gasteiger partial charge in [-0.05, 0) is 36.6 Å². The summed E-state index contributed by atoms with van der Waals surface area (Å²) in [6, 6.07) is 6.15. The molecule has 108 valence electrons. The highest BCUT2D eigenvalue weighted by Gasteiger charge is 2.11. The first-order valence-electron chi connectivity index (χ1n) is 6.96. The van der Waals surface area contributed by atoms with E-state index in [1.807, 2.05) is 20.0 Å². The van der Waals surface area contributed by atoms with Crippen LogP contribution in [0.15, 0.2) is 28.9 Å². The topological polar surface area (TPSA) is 55.3 Å². The number of aryl methyl sites for hydroxylation is 1. The maximum atomic E-state index is 5.79. The van der Waals surface area contributed by atoms with Gasteiger partial charge in [-0.15, -0.1) is 0 Å². The molecule has 4 heteroatoms. The van der Waals surface area contributed by atoms with Crippen LogP contribution in [0.4, 0.5) is 5.82 Å². The van der Waals surface area contributed by atoms with Crippen LogP contribution in [0.25, 0.3) is 0 Å². The number of nitrogens with two attached hydrogens (primary N) is 1. The van der Waals surface area contributed by atoms with E-state index in [4.69, 9.17) is 15.1 Å². The number of pyridine rings is 1. The molecule has 0 fully saturated rings. The van der Waals surface area contributed by atoms with Crippen molar-refractivity contribution >= 4 is 5.82 Å². The van der Waals surface area contributed by atoms with Gasteiger partial charge in [0.15, 0.2) is 0 Å². The van der Waals surface area contributed by atoms with Gasteiger partial charge in [0.1, 0.15) is 11.6 Å². The number of hydrogen-bond donors (Lipinski definition) is 1. The van der Waals surface area contributed by atoms with Crippen molar-refractivity contribution in [2.45, 2.75) is 39.8 Å². The van der Waals surface area contributed by atoms with Crippen LogP contribution < -0.4 is 10.6 Å². The largest absolute Gasteiger partial charge is 0.469 e. The first kappa shape index (κ1) is 14.6. The van der Waals surface area contributed by atoms with Gasteiger partial charge in [0.2, 0.25) is 0 Å². The second-order valence-electron chi connectivity index (χ2n) is 5.48. The lowest BCUT2D eigenvalue weighted by atomic mass is 10.1. The lowest BCUT2D eigenvalue weighted by Gasteiger charge is -2.20. The van der Waals surface area contributed by atoms with E-state index in [2.05, 4.69) is 30.9 Å². The predicted molar refractivity (Wildman–Crippen MR) is 81.8 cm³/mol. The van der Waals surface area contributed by atoms with Crippen molar-refractivity contribution in [2.24, 2.45) is 5.73 Å². The van der Waals surface area contributed by atoms with E-state index < -0.39 is 0 Å². The van der Waals surface area contributed by atoms with E-state index in [1.54, 1.807) is 6.26 Å². The number of aromatic nitrogens is 1. The summed E-state index contributed by atoms with van der Waals surface area (Å²) in [6.45, 7) is 7.58. The quantitative estimate of drug-likeness (QED) is 0.909. The Hall–Kier alpha value is -1.81. The van der Waals surface area contributed by atoms with Crippen molar-refractivity contribution in [2.75, 3.05) is 11.9 Å². The fraction of sp³-hybridized carbons (Fsp3) is 0.438. The van der Waals surface area contributed by atoms with Crippen molar-refractivity contribution in [1.82, 2.24) is 4.98 Å². The zero-order chi connectivity index (χ0) is 14.7. The molecular weight excluding hydrogens is 250 g/mol. The molecule has 2 rings (SSSR count). The third-order valence-corrected chi connectivity index (χ3v) is 3.48. The van der Waals surface area contributed by atoms with Crippen LogP contribution in [-0.2, 0) is 13.1 Å². The van der Waals surface area contributed by atoms with Crippen LogP contribution in [-0.4, -0.2) is 12.0 Å². The predicted octanol–water partition coefficient (Wildman–Crippen LogP) is 3.20. The highest BCUT2D eigenvalue weighted by molar-refractivity contribution is 5.43. The normalized spacial score (nSPS) is 11.1. The number of nitrogens with zero attached hydrogens (tertiary/aromatic N) is 2. The molecule has 0 aromatic carbocycles. The van der Waals surface area contributed by atoms with Gasteiger partial charge in [-0.25, -0.2) is 4.98 Å². The van der Waals surface area contributed by atoms with Gasteiger partial charge in [-0.3, -0.25) is 0 Å². The number of anilines is 1. The summed E-state index contributed by atoms with van der Waals surface area (Å²) >= 11 is 0. The first-order valence-corrected chi connectivity index (χ1v) is 6.96. The Bertz CT molecular complexity index is 575. The van der Waals surface area contributed by atoms with E-state index >= 15 is 0 Å². The third kappa shape index (κ3) is 3.20. The third-order valence-electron chi connectivity index (χ3n) is 3.48. The Morgan fingerprint density at radius 3 is 2.65 bits per heavy atom. The average Bonchev–Trinajstić information content (AvgIpc) is 2.83. The smallest absolute Gasteiger partial charge is 0.129 e. The molecule has 0 atom stereocenters. The van der Waals surface area contributed by atoms with Gasteiger partial charge in [0.05, 0.1) is 6.26 Å². The molecule has 0 spiro atoms. The number of rotatable bonds is 5. The number of hydrogen-bond acceptors (Lipinski definition) is 4. The fourth-order valence-corrected chi connectivity index (χ4v) is 2.12. The van der Waals surface area contributed by atoms with Crippen LogP contribution >= 0.6 is 0 Å². The van der Waals surface area contributed by atoms with Crippen LogP contribution in [0.5, 0.6) is 0 Å². The lowest BCUT2D eigenvalue weighted by molar-refractivity contribution is 0.529. The van der Waals surface area contributed by atoms with Gasteiger partial charge in [-0.1, -0.05) is 13.8 Å². The summed E-state index contributed by atoms with van der Waals surface area (Å²) in [6.07, 6.45) is 1.72. The minimum absolute atomic E-state index is 0.393. The Kier molecular flexibility index (Phi) is 4.45. The highest BCUT2D eigenvalue weighted by Crippen LogP contribution is 2.21. The summed E-state index contributed by atoms with van der Waals surface area (Å²) in [4.78, 5) is 6.86. The van der Waals surface area contributed by atoms with Gasteiger partial charge in [0, 0.05) is 31.4 Å². The Labute approximate surface area is 120 Å². The molecule has 0 radical (unpaired) electrons. The molecule has 2 heterocycles. The second-order valence-corrected chi connectivity index (χ2v) is 5.48. The molecule has 0 bridgehead atoms. The van der Waals surface area contributed by atoms with Crippen molar-refractivity contribution in [3.63, 3.8) is 0 Å². The fourth-order valence-electron chi connectivity index (χ4n) is 2.12. The molecule has 4 nitrogen and oxygen atoms in total. The van der Waals surface area contributed by atoms with Crippen LogP contribution in [0, 0.1) is 6.92 Å². The summed E-state index contributed by atoms with van der Waals surface area (Å²) < 4.78 is 5.34. The second kappa shape index (κ2) is 6.09. The zero-order valence-corrected chi connectivity index (χ0v) is 12.7. The summed E-state index contributed by atoms with van der Waals surface area (Å²) in [5.74, 6) is 2.30. The first-order chi connectivity index (χ1) is 9.51. The van der Waals surface area contributed by atoms with E-state index in [-0.39, 0.29) is 0 Å². The van der Waals surface area contributed by atoms with E-state index in [1.165, 1.54) is 5.56 Å². The maximum Gasteiger partial charge on any atom is 0.129 e. The molecule has 2 aromatic heterocycles. The molecule has 0 aliphatic rings. The summed E-state index contributed by atoms with van der Waals surface area (Å²) in [5.41, 5.74) is 9.17. The van der Waals surface area contributed by atoms with Crippen molar-refractivity contribution in [3.8, 4) is 0 Å². The molecule has 2 N–H and O–H groups in total. The standard InChI is InChI=1S/C16H23N3O/c1-11(2)15-7-13(9-17)8-16(18-15)19(4)10-14-5-6-20-12(14)3/h5-8,11H,9-10,17H2,1-4H3. The minimum Gasteiger partial charge on any atom is -0.469 e. The van der Waals surface area contributed by atoms with Gasteiger partial charge in [-0.2, -0.15) is 0 Å². The molecule has 0 saturated heterocycles. The van der Waals surface area contributed by atoms with Gasteiger partial charge in [0.25, 0.3) is 0 Å². The minimum atomic E-state index is 0.393. The Balaban J connectivity index is 2.26. The summed E-state index contributed by atoms with van der Waals surface area (Å²) in [5, 5.41) is 0. The molecule has 0 aliphatic heterocycles. The molecule has 0 unspecified atom stereocenters. The SMILES string of the molecule is Cc1occc1CN(C)c1cc(CN)cc(C(C)C)n1. The molecule has 2 aromatic rings. The molecule has 0 amide bonds. The van der Waals surface area contributed by atoms with Crippen molar-refractivity contribution in [3.05, 3.63) is 47.0 Å². The van der Waals surface area contributed by atoms with Crippen molar-refractivity contribution in [1.29, 1.82) is 0 Å². The molecule has 20 heavy (non-hydrogen) atoms. The molecule has 0 aliphatic carbocycles. The van der Waals surface area contributed by atoms with Gasteiger partial charge >= 0.3 is 0 Å². The molecule has 0 saturated carbocycles. The van der Waals surface area contributed by atoms with E-state index in [9.17, 15) is 0 Å². The van der Waals surface area contributed by atoms with Crippen molar-refractivity contribution < 1.29 is 4.42 Å². The monoisotopic (exact) mass is 273 g/mol. The van der Waals surface area contributed by atoms with Gasteiger partial charge < -0.3 is 15.1 Å². The molecular formula is C16H23N3O. The zero-order valence-electron chi connectivity index (χ0n) is 12.7. The van der Waals surface area contributed by atoms with Crippen LogP contribution in [0.3, 0.4) is 0 Å². The average molecular weight is 273 g/mol. The summed E-state index contributed by atoms with van der Waals surface area (Å²) in [7, 11) is 2.04. The van der Waals surface area contributed by atoms with Crippen LogP contribution in [0.1, 0.15) is 42.3 Å². The Morgan fingerprint density at radius 1 is 1.35 bits per heavy atom. The lowest BCUT2D eigenvalue weighted by Crippen LogP contribution is -2.19. The maximum absolute atomic E-state index is 5.79. The highest BCUT2D eigenvalue weighted by atomic mass is 16.3. The number of furan rings is 1. The Morgan fingerprint density at radius 2 is 2.10 bits per heavy atom. The van der Waals surface area contributed by atoms with E-state index in [0.29, 0.717) is 12.5 Å².